The number of nitrogens with zero attached hydrogens (tertiary/aromatic N) is 6. The number of aliphatic hydroxyl groups is 3. The number of aryl methyl sites for hydroxylation is 1. The molecule has 4 bridgehead atoms. The first-order chi connectivity index (χ1) is 51.3. The third-order valence-corrected chi connectivity index (χ3v) is 24.8. The van der Waals surface area contributed by atoms with Crippen LogP contribution in [0.1, 0.15) is 148 Å². The second-order valence-corrected chi connectivity index (χ2v) is 34.4. The summed E-state index contributed by atoms with van der Waals surface area (Å²) < 4.78 is 55.8. The Kier molecular flexibility index (Phi) is 23.7. The van der Waals surface area contributed by atoms with Gasteiger partial charge in [0.15, 0.2) is 10.8 Å². The Bertz CT molecular complexity index is 4690. The average molecular weight is 1540 g/mol. The molecule has 1 aliphatic heterocycles. The van der Waals surface area contributed by atoms with E-state index in [4.69, 9.17) is 24.3 Å². The Morgan fingerprint density at radius 3 is 2.31 bits per heavy atom. The number of thiazole rings is 1. The predicted molar refractivity (Wildman–Crippen MR) is 403 cm³/mol. The number of Topliss-reactive ketones (excluding diaryl/α,β-unsaturated/α-hetero) is 1. The molecule has 4 aromatic carbocycles. The standard InChI is InChI=1S/C78H92N8O19S3/c1-45-57(53-24-25-58(81-64(53)72(97)98)48-21-20-46-15-13-17-54(55(46)32-48)69(93)83-73-82-59-18-8-9-19-61(59)107-73)35-80-86(45)44-77-39-75(2)38-76(3,40-77)42-78(41-75,43-77)104-29-28-84(4)74(99)103-36-49-22-23-52(105-60-33-56(71(95)96)65(89)67(91)66(60)90)31-47(49)14-10-11-26-79-68(92)50(37-108(100,101)102)30-51(87)16-7-6-12-27-85-63(88)34-62(106-5)70(85)94/h8-9,13,15,17-25,31-32,35,50,56,60,62,65-67,89-91H,6-7,10-12,14,16,26-30,33-34,36-44H2,1-5H3,(H,79,92)(H,95,96)(H,97,98)(H,82,83,93)(H,100,101,102)/t50-,56-,60+,62?,65+,66-,67-,75?,76?,77?,78?/m0/s1. The number of aliphatic hydroxyl groups excluding tert-OH is 3. The number of hydrogen-bond acceptors (Lipinski definition) is 21. The molecule has 7 aromatic rings. The number of likely N-dealkylation sites (tertiary alicyclic amines) is 1. The lowest BCUT2D eigenvalue weighted by atomic mass is 9.39. The Hall–Kier alpha value is -8.75. The van der Waals surface area contributed by atoms with Crippen LogP contribution in [0, 0.1) is 35.0 Å². The van der Waals surface area contributed by atoms with Gasteiger partial charge in [0.1, 0.15) is 36.5 Å². The molecule has 27 nitrogen and oxygen atoms in total. The number of carbonyl (C=O) groups excluding carboxylic acids is 6. The second-order valence-electron chi connectivity index (χ2n) is 30.9. The van der Waals surface area contributed by atoms with Crippen LogP contribution >= 0.6 is 23.1 Å². The zero-order valence-corrected chi connectivity index (χ0v) is 63.4. The lowest BCUT2D eigenvalue weighted by Crippen LogP contribution is -2.64. The van der Waals surface area contributed by atoms with E-state index in [-0.39, 0.29) is 104 Å². The van der Waals surface area contributed by atoms with Crippen molar-refractivity contribution in [1.29, 1.82) is 0 Å². The summed E-state index contributed by atoms with van der Waals surface area (Å²) >= 11 is 2.70. The highest BCUT2D eigenvalue weighted by Gasteiger charge is 2.66. The number of fused-ring (bicyclic) bond motifs is 2. The first-order valence-electron chi connectivity index (χ1n) is 36.5. The van der Waals surface area contributed by atoms with Crippen molar-refractivity contribution in [3.05, 3.63) is 125 Å². The summed E-state index contributed by atoms with van der Waals surface area (Å²) in [6.07, 6.45) is 3.36. The average Bonchev–Trinajstić information content (AvgIpc) is 1.04. The van der Waals surface area contributed by atoms with E-state index >= 15 is 0 Å². The summed E-state index contributed by atoms with van der Waals surface area (Å²) in [6.45, 7) is 7.60. The van der Waals surface area contributed by atoms with Gasteiger partial charge >= 0.3 is 18.0 Å². The van der Waals surface area contributed by atoms with Gasteiger partial charge in [-0.1, -0.05) is 74.1 Å². The molecule has 3 unspecified atom stereocenters. The summed E-state index contributed by atoms with van der Waals surface area (Å²) in [7, 11) is -3.07. The largest absolute Gasteiger partial charge is 0.488 e. The Balaban J connectivity index is 0.666. The predicted octanol–water partition coefficient (Wildman–Crippen LogP) is 9.93. The summed E-state index contributed by atoms with van der Waals surface area (Å²) in [5.74, 6) is -8.20. The number of hydrogen-bond donors (Lipinski definition) is 8. The fourth-order valence-corrected chi connectivity index (χ4v) is 20.3. The van der Waals surface area contributed by atoms with E-state index < -0.39 is 99.1 Å². The number of aromatic carboxylic acids is 1. The molecule has 13 rings (SSSR count). The molecule has 5 saturated carbocycles. The number of imide groups is 1. The van der Waals surface area contributed by atoms with Gasteiger partial charge < -0.3 is 50.0 Å². The number of aromatic nitrogens is 4. The van der Waals surface area contributed by atoms with Crippen LogP contribution in [0.3, 0.4) is 0 Å². The van der Waals surface area contributed by atoms with Crippen molar-refractivity contribution in [3.8, 4) is 28.1 Å². The van der Waals surface area contributed by atoms with Crippen LogP contribution in [-0.4, -0.2) is 196 Å². The first-order valence-corrected chi connectivity index (χ1v) is 40.2. The van der Waals surface area contributed by atoms with Crippen molar-refractivity contribution in [2.45, 2.75) is 172 Å². The van der Waals surface area contributed by atoms with E-state index in [1.54, 1.807) is 55.9 Å². The van der Waals surface area contributed by atoms with E-state index in [1.165, 1.54) is 32.9 Å². The zero-order valence-electron chi connectivity index (χ0n) is 60.9. The molecular formula is C78H92N8O19S3. The van der Waals surface area contributed by atoms with Crippen molar-refractivity contribution in [2.24, 2.45) is 28.1 Å². The molecule has 30 heteroatoms. The van der Waals surface area contributed by atoms with E-state index in [1.807, 2.05) is 66.2 Å². The van der Waals surface area contributed by atoms with Crippen molar-refractivity contribution in [2.75, 3.05) is 50.6 Å². The maximum absolute atomic E-state index is 13.9. The molecule has 9 atom stereocenters. The topological polar surface area (TPSA) is 394 Å². The van der Waals surface area contributed by atoms with Gasteiger partial charge in [-0.15, -0.1) is 0 Å². The van der Waals surface area contributed by atoms with Crippen LogP contribution in [0.25, 0.3) is 43.4 Å². The number of ether oxygens (including phenoxy) is 3. The van der Waals surface area contributed by atoms with Crippen molar-refractivity contribution in [3.63, 3.8) is 0 Å². The number of nitrogens with one attached hydrogen (secondary N) is 2. The molecule has 0 spiro atoms. The number of carboxylic acids is 2. The quantitative estimate of drug-likeness (QED) is 0.0108. The number of pyridine rings is 1. The normalized spacial score (nSPS) is 24.8. The summed E-state index contributed by atoms with van der Waals surface area (Å²) in [5, 5.41) is 64.6. The SMILES string of the molecule is CSC1CC(=O)N(CCCCCC(=O)C[C@@H](CS(=O)(=O)O)C(=O)NCCCCc2cc(O[C@@H]3C[C@H](C(=O)O)[C@@H](O)[C@H](O)[C@H]3O)ccc2COC(=O)N(C)CCOC23CC4(C)CC(C)(CC(Cn5ncc(-c6ccc(-c7ccc8cccc(C(=O)Nc9nc%10ccccc%10s9)c8c7)nc6C(=O)O)c5C)(C4)C2)C3)C1=O. The van der Waals surface area contributed by atoms with E-state index in [0.29, 0.717) is 88.2 Å². The fourth-order valence-electron chi connectivity index (χ4n) is 18.1. The van der Waals surface area contributed by atoms with E-state index in [0.717, 1.165) is 59.8 Å². The number of aliphatic carboxylic acids is 1. The fraction of sp³-hybridized carbons (Fsp3) is 0.500. The summed E-state index contributed by atoms with van der Waals surface area (Å²) in [5.41, 5.74) is 4.24. The van der Waals surface area contributed by atoms with Crippen molar-refractivity contribution < 1.29 is 91.1 Å². The van der Waals surface area contributed by atoms with Crippen molar-refractivity contribution >= 4 is 107 Å². The minimum absolute atomic E-state index is 0.00861. The zero-order chi connectivity index (χ0) is 77.2. The maximum Gasteiger partial charge on any atom is 0.409 e. The third kappa shape index (κ3) is 17.9. The number of amides is 5. The highest BCUT2D eigenvalue weighted by atomic mass is 32.2. The van der Waals surface area contributed by atoms with Crippen LogP contribution in [0.15, 0.2) is 97.2 Å². The molecule has 576 valence electrons. The number of anilines is 1. The van der Waals surface area contributed by atoms with Crippen LogP contribution in [0.2, 0.25) is 0 Å². The number of rotatable bonds is 33. The molecule has 5 aliphatic carbocycles. The first kappa shape index (κ1) is 78.8. The molecule has 3 aromatic heterocycles. The number of likely N-dealkylation sites (N-methyl/N-ethyl adjacent to an activating group) is 1. The second kappa shape index (κ2) is 32.4. The number of unbranched alkanes of at least 4 members (excludes halogenated alkanes) is 3. The van der Waals surface area contributed by atoms with Gasteiger partial charge in [-0.25, -0.2) is 19.6 Å². The highest BCUT2D eigenvalue weighted by molar-refractivity contribution is 8.00. The Morgan fingerprint density at radius 1 is 0.824 bits per heavy atom. The molecule has 6 fully saturated rings. The number of thioether (sulfide) groups is 1. The van der Waals surface area contributed by atoms with Gasteiger partial charge in [0, 0.05) is 86.9 Å². The van der Waals surface area contributed by atoms with E-state index in [9.17, 15) is 76.9 Å². The third-order valence-electron chi connectivity index (χ3n) is 22.1. The molecule has 8 N–H and O–H groups in total. The van der Waals surface area contributed by atoms with E-state index in [2.05, 4.69) is 29.5 Å². The summed E-state index contributed by atoms with van der Waals surface area (Å²) in [4.78, 5) is 116. The van der Waals surface area contributed by atoms with Gasteiger partial charge in [-0.3, -0.25) is 48.2 Å². The Morgan fingerprint density at radius 2 is 1.59 bits per heavy atom. The van der Waals surface area contributed by atoms with Crippen LogP contribution in [0.4, 0.5) is 9.93 Å². The van der Waals surface area contributed by atoms with Gasteiger partial charge in [-0.2, -0.15) is 25.3 Å². The van der Waals surface area contributed by atoms with Crippen LogP contribution < -0.4 is 15.4 Å². The number of ketones is 1. The minimum atomic E-state index is -4.68. The van der Waals surface area contributed by atoms with Crippen molar-refractivity contribution in [1.82, 2.24) is 34.9 Å². The van der Waals surface area contributed by atoms with Gasteiger partial charge in [-0.05, 0) is 170 Å². The number of benzene rings is 4. The monoisotopic (exact) mass is 1540 g/mol. The lowest BCUT2D eigenvalue weighted by molar-refractivity contribution is -0.248. The highest BCUT2D eigenvalue weighted by Crippen LogP contribution is 2.72. The molecule has 4 heterocycles. The molecule has 0 radical (unpaired) electrons. The van der Waals surface area contributed by atoms with Gasteiger partial charge in [0.05, 0.1) is 63.3 Å². The van der Waals surface area contributed by atoms with Gasteiger partial charge in [0.2, 0.25) is 17.7 Å². The molecule has 108 heavy (non-hydrogen) atoms. The molecule has 5 amide bonds. The number of para-hydroxylation sites is 1. The molecule has 1 saturated heterocycles. The molecular weight excluding hydrogens is 1450 g/mol. The number of carbonyl (C=O) groups is 8. The Labute approximate surface area is 633 Å². The minimum Gasteiger partial charge on any atom is -0.488 e. The maximum atomic E-state index is 13.9. The smallest absolute Gasteiger partial charge is 0.409 e. The lowest BCUT2D eigenvalue weighted by Gasteiger charge is -2.69. The van der Waals surface area contributed by atoms with Gasteiger partial charge in [0.25, 0.3) is 16.0 Å². The van der Waals surface area contributed by atoms with Crippen LogP contribution in [0.5, 0.6) is 5.75 Å². The summed E-state index contributed by atoms with van der Waals surface area (Å²) in [6, 6.07) is 27.1. The number of carboxylic acid groups (broad SMARTS) is 2. The van der Waals surface area contributed by atoms with Crippen LogP contribution in [-0.2, 0) is 63.1 Å². The molecule has 6 aliphatic rings.